The van der Waals surface area contributed by atoms with Crippen molar-refractivity contribution in [2.75, 3.05) is 13.2 Å². The van der Waals surface area contributed by atoms with E-state index in [1.165, 1.54) is 0 Å². The standard InChI is InChI=1S/C32H43N3O6.ClH/c1-3-23(2)28(33)30(37)35-20-12-10-19-27(35)29(36)34-26(32(39)41-22-24-14-6-4-7-15-24)18-11-13-21-40-31(38)25-16-8-5-9-17-25;/h4-9,14-17,23,26-28H,3,10-13,18-22,33H2,1-2H3,(H,34,36);1H/t23-,26-,27-,28-;/m0./s1. The van der Waals surface area contributed by atoms with E-state index in [1.807, 2.05) is 50.2 Å². The van der Waals surface area contributed by atoms with Crippen molar-refractivity contribution < 1.29 is 28.7 Å². The summed E-state index contributed by atoms with van der Waals surface area (Å²) in [6.07, 6.45) is 4.19. The number of likely N-dealkylation sites (tertiary alicyclic amines) is 1. The Hall–Kier alpha value is -3.43. The summed E-state index contributed by atoms with van der Waals surface area (Å²) < 4.78 is 10.9. The Morgan fingerprint density at radius 1 is 0.976 bits per heavy atom. The zero-order valence-electron chi connectivity index (χ0n) is 24.5. The molecule has 0 unspecified atom stereocenters. The fraction of sp³-hybridized carbons (Fsp3) is 0.500. The molecule has 0 aromatic heterocycles. The Kier molecular flexibility index (Phi) is 15.1. The maximum absolute atomic E-state index is 13.5. The van der Waals surface area contributed by atoms with Gasteiger partial charge in [0.05, 0.1) is 18.2 Å². The average Bonchev–Trinajstić information content (AvgIpc) is 3.02. The van der Waals surface area contributed by atoms with E-state index in [2.05, 4.69) is 5.32 Å². The van der Waals surface area contributed by atoms with Crippen molar-refractivity contribution in [2.45, 2.75) is 83.5 Å². The Bertz CT molecular complexity index is 1130. The monoisotopic (exact) mass is 601 g/mol. The lowest BCUT2D eigenvalue weighted by atomic mass is 9.95. The van der Waals surface area contributed by atoms with Crippen LogP contribution in [0.15, 0.2) is 60.7 Å². The number of hydrogen-bond acceptors (Lipinski definition) is 7. The summed E-state index contributed by atoms with van der Waals surface area (Å²) in [5.74, 6) is -1.58. The molecule has 0 spiro atoms. The van der Waals surface area contributed by atoms with Crippen LogP contribution in [0.5, 0.6) is 0 Å². The molecule has 42 heavy (non-hydrogen) atoms. The number of nitrogens with two attached hydrogens (primary N) is 1. The topological polar surface area (TPSA) is 128 Å². The number of hydrogen-bond donors (Lipinski definition) is 2. The van der Waals surface area contributed by atoms with E-state index in [0.717, 1.165) is 24.8 Å². The number of nitrogens with one attached hydrogen (secondary N) is 1. The van der Waals surface area contributed by atoms with Crippen molar-refractivity contribution in [3.8, 4) is 0 Å². The van der Waals surface area contributed by atoms with Gasteiger partial charge in [0.1, 0.15) is 18.7 Å². The molecule has 10 heteroatoms. The lowest BCUT2D eigenvalue weighted by Gasteiger charge is -2.37. The first-order chi connectivity index (χ1) is 19.8. The van der Waals surface area contributed by atoms with E-state index < -0.39 is 30.1 Å². The number of piperidine rings is 1. The van der Waals surface area contributed by atoms with Crippen molar-refractivity contribution in [2.24, 2.45) is 11.7 Å². The first-order valence-electron chi connectivity index (χ1n) is 14.6. The Morgan fingerprint density at radius 2 is 1.64 bits per heavy atom. The van der Waals surface area contributed by atoms with Gasteiger partial charge in [0.2, 0.25) is 11.8 Å². The number of esters is 2. The predicted octanol–water partition coefficient (Wildman–Crippen LogP) is 4.42. The number of unbranched alkanes of at least 4 members (excludes halogenated alkanes) is 1. The number of ether oxygens (including phenoxy) is 2. The van der Waals surface area contributed by atoms with Gasteiger partial charge in [-0.15, -0.1) is 12.4 Å². The lowest BCUT2D eigenvalue weighted by molar-refractivity contribution is -0.151. The van der Waals surface area contributed by atoms with Gasteiger partial charge in [-0.25, -0.2) is 9.59 Å². The van der Waals surface area contributed by atoms with E-state index in [0.29, 0.717) is 37.8 Å². The molecule has 0 radical (unpaired) electrons. The minimum Gasteiger partial charge on any atom is -0.462 e. The summed E-state index contributed by atoms with van der Waals surface area (Å²) in [6, 6.07) is 15.8. The molecule has 0 aliphatic carbocycles. The highest BCUT2D eigenvalue weighted by atomic mass is 35.5. The molecule has 1 fully saturated rings. The summed E-state index contributed by atoms with van der Waals surface area (Å²) in [4.78, 5) is 53.5. The van der Waals surface area contributed by atoms with Gasteiger partial charge in [0, 0.05) is 6.54 Å². The molecule has 9 nitrogen and oxygen atoms in total. The third-order valence-electron chi connectivity index (χ3n) is 7.59. The first-order valence-corrected chi connectivity index (χ1v) is 14.6. The summed E-state index contributed by atoms with van der Waals surface area (Å²) in [6.45, 7) is 4.63. The quantitative estimate of drug-likeness (QED) is 0.242. The second kappa shape index (κ2) is 18.2. The van der Waals surface area contributed by atoms with E-state index in [4.69, 9.17) is 15.2 Å². The molecule has 2 aromatic carbocycles. The van der Waals surface area contributed by atoms with Crippen LogP contribution in [0.3, 0.4) is 0 Å². The van der Waals surface area contributed by atoms with Crippen LogP contribution in [0.25, 0.3) is 0 Å². The highest BCUT2D eigenvalue weighted by Crippen LogP contribution is 2.21. The Balaban J connectivity index is 0.00000616. The second-order valence-corrected chi connectivity index (χ2v) is 10.6. The van der Waals surface area contributed by atoms with Gasteiger partial charge in [-0.3, -0.25) is 9.59 Å². The summed E-state index contributed by atoms with van der Waals surface area (Å²) in [7, 11) is 0. The second-order valence-electron chi connectivity index (χ2n) is 10.6. The largest absolute Gasteiger partial charge is 0.462 e. The van der Waals surface area contributed by atoms with Gasteiger partial charge in [-0.2, -0.15) is 0 Å². The van der Waals surface area contributed by atoms with Gasteiger partial charge in [-0.1, -0.05) is 68.8 Å². The number of carbonyl (C=O) groups excluding carboxylic acids is 4. The molecular weight excluding hydrogens is 558 g/mol. The number of amides is 2. The minimum atomic E-state index is -0.904. The van der Waals surface area contributed by atoms with Crippen LogP contribution < -0.4 is 11.1 Å². The summed E-state index contributed by atoms with van der Waals surface area (Å²) >= 11 is 0. The van der Waals surface area contributed by atoms with Crippen LogP contribution in [0.2, 0.25) is 0 Å². The van der Waals surface area contributed by atoms with Crippen LogP contribution in [-0.2, 0) is 30.5 Å². The third-order valence-corrected chi connectivity index (χ3v) is 7.59. The molecule has 1 aliphatic heterocycles. The summed E-state index contributed by atoms with van der Waals surface area (Å²) in [5, 5.41) is 2.86. The molecule has 0 bridgehead atoms. The molecule has 2 amide bonds. The third kappa shape index (κ3) is 10.4. The predicted molar refractivity (Wildman–Crippen MR) is 163 cm³/mol. The maximum atomic E-state index is 13.5. The fourth-order valence-electron chi connectivity index (χ4n) is 4.78. The molecule has 0 saturated carbocycles. The number of nitrogens with zero attached hydrogens (tertiary/aromatic N) is 1. The molecule has 3 N–H and O–H groups in total. The fourth-order valence-corrected chi connectivity index (χ4v) is 4.78. The van der Waals surface area contributed by atoms with Gasteiger partial charge in [0.15, 0.2) is 0 Å². The lowest BCUT2D eigenvalue weighted by Crippen LogP contribution is -2.58. The van der Waals surface area contributed by atoms with Crippen molar-refractivity contribution in [3.63, 3.8) is 0 Å². The minimum absolute atomic E-state index is 0. The molecule has 1 saturated heterocycles. The van der Waals surface area contributed by atoms with Crippen LogP contribution >= 0.6 is 12.4 Å². The van der Waals surface area contributed by atoms with Gasteiger partial charge < -0.3 is 25.4 Å². The Morgan fingerprint density at radius 3 is 2.31 bits per heavy atom. The molecule has 3 rings (SSSR count). The Labute approximate surface area is 254 Å². The van der Waals surface area contributed by atoms with Crippen molar-refractivity contribution >= 4 is 36.2 Å². The molecule has 1 aliphatic rings. The van der Waals surface area contributed by atoms with E-state index in [1.54, 1.807) is 29.2 Å². The first kappa shape index (κ1) is 34.8. The van der Waals surface area contributed by atoms with E-state index in [9.17, 15) is 19.2 Å². The molecule has 230 valence electrons. The molecule has 4 atom stereocenters. The zero-order chi connectivity index (χ0) is 29.6. The SMILES string of the molecule is CC[C@H](C)[C@H](N)C(=O)N1CCCC[C@H]1C(=O)N[C@@H](CCCCOC(=O)c1ccccc1)C(=O)OCc1ccccc1.Cl. The average molecular weight is 602 g/mol. The number of rotatable bonds is 14. The normalized spacial score (nSPS) is 16.7. The van der Waals surface area contributed by atoms with Crippen molar-refractivity contribution in [3.05, 3.63) is 71.8 Å². The van der Waals surface area contributed by atoms with E-state index >= 15 is 0 Å². The summed E-state index contributed by atoms with van der Waals surface area (Å²) in [5.41, 5.74) is 7.54. The number of benzene rings is 2. The van der Waals surface area contributed by atoms with Crippen LogP contribution in [0.4, 0.5) is 0 Å². The number of halogens is 1. The van der Waals surface area contributed by atoms with Crippen LogP contribution in [-0.4, -0.2) is 59.9 Å². The van der Waals surface area contributed by atoms with Gasteiger partial charge >= 0.3 is 11.9 Å². The van der Waals surface area contributed by atoms with Crippen molar-refractivity contribution in [1.82, 2.24) is 10.2 Å². The molecule has 1 heterocycles. The van der Waals surface area contributed by atoms with Crippen LogP contribution in [0.1, 0.15) is 74.7 Å². The van der Waals surface area contributed by atoms with Crippen LogP contribution in [0, 0.1) is 5.92 Å². The smallest absolute Gasteiger partial charge is 0.338 e. The molecule has 2 aromatic rings. The maximum Gasteiger partial charge on any atom is 0.338 e. The van der Waals surface area contributed by atoms with Crippen molar-refractivity contribution in [1.29, 1.82) is 0 Å². The van der Waals surface area contributed by atoms with Gasteiger partial charge in [0.25, 0.3) is 0 Å². The molecular formula is C32H44ClN3O6. The highest BCUT2D eigenvalue weighted by molar-refractivity contribution is 5.92. The number of carbonyl (C=O) groups is 4. The zero-order valence-corrected chi connectivity index (χ0v) is 25.4. The van der Waals surface area contributed by atoms with E-state index in [-0.39, 0.29) is 43.4 Å². The highest BCUT2D eigenvalue weighted by Gasteiger charge is 2.37. The van der Waals surface area contributed by atoms with Gasteiger partial charge in [-0.05, 0) is 62.1 Å².